The van der Waals surface area contributed by atoms with Gasteiger partial charge in [-0.25, -0.2) is 0 Å². The first-order valence-electron chi connectivity index (χ1n) is 1.29. The van der Waals surface area contributed by atoms with Crippen molar-refractivity contribution in [3.05, 3.63) is 23.7 Å². The highest BCUT2D eigenvalue weighted by Gasteiger charge is 1.44. The summed E-state index contributed by atoms with van der Waals surface area (Å²) in [7, 11) is 0. The molecule has 0 heterocycles. The Morgan fingerprint density at radius 2 is 2.00 bits per heavy atom. The SMILES string of the molecule is C=CC=CBr.[Mg]. The Morgan fingerprint density at radius 3 is 2.00 bits per heavy atom. The zero-order chi connectivity index (χ0) is 4.12. The lowest BCUT2D eigenvalue weighted by Crippen LogP contribution is -1.28. The number of halogens is 1. The van der Waals surface area contributed by atoms with Gasteiger partial charge in [0, 0.05) is 23.1 Å². The van der Waals surface area contributed by atoms with Crippen LogP contribution >= 0.6 is 15.9 Å². The van der Waals surface area contributed by atoms with Crippen molar-refractivity contribution in [1.29, 1.82) is 0 Å². The van der Waals surface area contributed by atoms with Crippen molar-refractivity contribution in [2.24, 2.45) is 0 Å². The Bertz CT molecular complexity index is 49.5. The van der Waals surface area contributed by atoms with E-state index < -0.39 is 0 Å². The molecule has 0 bridgehead atoms. The van der Waals surface area contributed by atoms with E-state index in [1.165, 1.54) is 0 Å². The lowest BCUT2D eigenvalue weighted by molar-refractivity contribution is 2.13. The van der Waals surface area contributed by atoms with E-state index in [0.717, 1.165) is 0 Å². The van der Waals surface area contributed by atoms with Crippen LogP contribution in [-0.4, -0.2) is 23.1 Å². The van der Waals surface area contributed by atoms with E-state index in [9.17, 15) is 0 Å². The predicted molar refractivity (Wildman–Crippen MR) is 34.0 cm³/mol. The van der Waals surface area contributed by atoms with E-state index in [4.69, 9.17) is 0 Å². The molecule has 0 fully saturated rings. The van der Waals surface area contributed by atoms with Gasteiger partial charge in [0.05, 0.1) is 0 Å². The van der Waals surface area contributed by atoms with Crippen LogP contribution in [-0.2, 0) is 0 Å². The van der Waals surface area contributed by atoms with Crippen molar-refractivity contribution in [3.63, 3.8) is 0 Å². The topological polar surface area (TPSA) is 0 Å². The van der Waals surface area contributed by atoms with Crippen LogP contribution in [0.15, 0.2) is 23.7 Å². The minimum absolute atomic E-state index is 0. The second kappa shape index (κ2) is 9.21. The van der Waals surface area contributed by atoms with Gasteiger partial charge in [0.25, 0.3) is 0 Å². The molecule has 2 radical (unpaired) electrons. The fourth-order valence-corrected chi connectivity index (χ4v) is 0.267. The minimum atomic E-state index is 0. The standard InChI is InChI=1S/C4H5Br.Mg/c1-2-3-4-5;/h2-4H,1H2;. The Morgan fingerprint density at radius 1 is 1.50 bits per heavy atom. The van der Waals surface area contributed by atoms with Crippen LogP contribution in [0.2, 0.25) is 0 Å². The highest BCUT2D eigenvalue weighted by atomic mass is 79.9. The highest BCUT2D eigenvalue weighted by Crippen LogP contribution is 1.79. The van der Waals surface area contributed by atoms with E-state index >= 15 is 0 Å². The molecule has 6 heavy (non-hydrogen) atoms. The zero-order valence-electron chi connectivity index (χ0n) is 3.52. The average Bonchev–Trinajstić information content (AvgIpc) is 1.41. The summed E-state index contributed by atoms with van der Waals surface area (Å²) in [6, 6.07) is 0. The summed E-state index contributed by atoms with van der Waals surface area (Å²) in [5.41, 5.74) is 0. The predicted octanol–water partition coefficient (Wildman–Crippen LogP) is 1.70. The normalized spacial score (nSPS) is 7.50. The van der Waals surface area contributed by atoms with Crippen LogP contribution in [0, 0.1) is 0 Å². The van der Waals surface area contributed by atoms with Gasteiger partial charge in [-0.2, -0.15) is 0 Å². The van der Waals surface area contributed by atoms with Crippen LogP contribution < -0.4 is 0 Å². The Kier molecular flexibility index (Phi) is 15.2. The molecule has 0 saturated heterocycles. The molecule has 30 valence electrons. The highest BCUT2D eigenvalue weighted by molar-refractivity contribution is 9.11. The molecule has 0 aromatic carbocycles. The lowest BCUT2D eigenvalue weighted by atomic mass is 10.6. The van der Waals surface area contributed by atoms with Gasteiger partial charge in [-0.15, -0.1) is 0 Å². The van der Waals surface area contributed by atoms with Gasteiger partial charge in [-0.3, -0.25) is 0 Å². The van der Waals surface area contributed by atoms with Crippen LogP contribution in [0.5, 0.6) is 0 Å². The molecule has 0 N–H and O–H groups in total. The molecule has 0 aromatic heterocycles. The summed E-state index contributed by atoms with van der Waals surface area (Å²) in [5.74, 6) is 0. The first-order chi connectivity index (χ1) is 2.41. The largest absolute Gasteiger partial charge is 0.0990 e. The van der Waals surface area contributed by atoms with E-state index in [2.05, 4.69) is 22.5 Å². The van der Waals surface area contributed by atoms with E-state index in [1.807, 2.05) is 0 Å². The van der Waals surface area contributed by atoms with Crippen LogP contribution in [0.4, 0.5) is 0 Å². The maximum atomic E-state index is 3.43. The van der Waals surface area contributed by atoms with Gasteiger partial charge in [-0.1, -0.05) is 34.7 Å². The minimum Gasteiger partial charge on any atom is -0.0990 e. The van der Waals surface area contributed by atoms with Crippen LogP contribution in [0.3, 0.4) is 0 Å². The monoisotopic (exact) mass is 156 g/mol. The van der Waals surface area contributed by atoms with Gasteiger partial charge < -0.3 is 0 Å². The summed E-state index contributed by atoms with van der Waals surface area (Å²) < 4.78 is 0. The molecule has 0 aromatic rings. The van der Waals surface area contributed by atoms with E-state index in [1.54, 1.807) is 17.1 Å². The van der Waals surface area contributed by atoms with Crippen molar-refractivity contribution < 1.29 is 0 Å². The van der Waals surface area contributed by atoms with Crippen molar-refractivity contribution in [3.8, 4) is 0 Å². The molecule has 0 amide bonds. The van der Waals surface area contributed by atoms with Crippen LogP contribution in [0.25, 0.3) is 0 Å². The summed E-state index contributed by atoms with van der Waals surface area (Å²) in [5, 5.41) is 0. The van der Waals surface area contributed by atoms with Gasteiger partial charge in [-0.05, 0) is 4.99 Å². The molecular formula is C4H5BrMg. The summed E-state index contributed by atoms with van der Waals surface area (Å²) in [6.45, 7) is 3.43. The first-order valence-corrected chi connectivity index (χ1v) is 2.21. The van der Waals surface area contributed by atoms with Crippen molar-refractivity contribution in [2.75, 3.05) is 0 Å². The third-order valence-electron chi connectivity index (χ3n) is 0.209. The smallest absolute Gasteiger partial charge is 0 e. The third-order valence-corrected chi connectivity index (χ3v) is 0.514. The molecule has 0 nitrogen and oxygen atoms in total. The Balaban J connectivity index is 0. The lowest BCUT2D eigenvalue weighted by Gasteiger charge is -1.54. The van der Waals surface area contributed by atoms with Gasteiger partial charge in [0.15, 0.2) is 0 Å². The summed E-state index contributed by atoms with van der Waals surface area (Å²) in [6.07, 6.45) is 3.51. The quantitative estimate of drug-likeness (QED) is 0.401. The molecule has 0 aliphatic carbocycles. The van der Waals surface area contributed by atoms with Crippen molar-refractivity contribution in [2.45, 2.75) is 0 Å². The van der Waals surface area contributed by atoms with Gasteiger partial charge in [0.2, 0.25) is 0 Å². The maximum absolute atomic E-state index is 3.43. The first kappa shape index (κ1) is 9.87. The Labute approximate surface area is 62.6 Å². The molecule has 2 heteroatoms. The maximum Gasteiger partial charge on any atom is 0 e. The number of rotatable bonds is 1. The number of allylic oxidation sites excluding steroid dienone is 2. The molecular weight excluding hydrogens is 152 g/mol. The number of hydrogen-bond acceptors (Lipinski definition) is 0. The van der Waals surface area contributed by atoms with Crippen molar-refractivity contribution in [1.82, 2.24) is 0 Å². The second-order valence-electron chi connectivity index (χ2n) is 0.554. The summed E-state index contributed by atoms with van der Waals surface area (Å²) in [4.78, 5) is 1.75. The molecule has 0 unspecified atom stereocenters. The van der Waals surface area contributed by atoms with Gasteiger partial charge in [0.1, 0.15) is 0 Å². The fraction of sp³-hybridized carbons (Fsp3) is 0. The Hall–Kier alpha value is 0.726. The molecule has 0 saturated carbocycles. The van der Waals surface area contributed by atoms with Gasteiger partial charge >= 0.3 is 0 Å². The third kappa shape index (κ3) is 8.83. The molecule has 0 atom stereocenters. The molecule has 0 aliphatic rings. The number of hydrogen-bond donors (Lipinski definition) is 0. The zero-order valence-corrected chi connectivity index (χ0v) is 6.52. The van der Waals surface area contributed by atoms with Crippen LogP contribution in [0.1, 0.15) is 0 Å². The molecule has 0 spiro atoms. The molecule has 0 aliphatic heterocycles. The van der Waals surface area contributed by atoms with E-state index in [0.29, 0.717) is 0 Å². The second-order valence-corrected chi connectivity index (χ2v) is 1.08. The summed E-state index contributed by atoms with van der Waals surface area (Å²) >= 11 is 3.06. The average molecular weight is 157 g/mol. The van der Waals surface area contributed by atoms with E-state index in [-0.39, 0.29) is 23.1 Å². The molecule has 0 rings (SSSR count). The van der Waals surface area contributed by atoms with Crippen molar-refractivity contribution >= 4 is 39.0 Å². The fourth-order valence-electron chi connectivity index (χ4n) is 0.0514.